The third-order valence-corrected chi connectivity index (χ3v) is 1.55. The van der Waals surface area contributed by atoms with E-state index in [4.69, 9.17) is 5.73 Å². The SMILES string of the molecule is NCc1cccc(P)c1. The average molecular weight is 139 g/mol. The summed E-state index contributed by atoms with van der Waals surface area (Å²) in [7, 11) is 2.64. The summed E-state index contributed by atoms with van der Waals surface area (Å²) in [5.74, 6) is 0. The van der Waals surface area contributed by atoms with Crippen LogP contribution in [0.25, 0.3) is 0 Å². The maximum Gasteiger partial charge on any atom is 0.0178 e. The van der Waals surface area contributed by atoms with Gasteiger partial charge < -0.3 is 5.73 Å². The molecule has 0 radical (unpaired) electrons. The second kappa shape index (κ2) is 2.95. The van der Waals surface area contributed by atoms with Gasteiger partial charge in [0.15, 0.2) is 0 Å². The minimum atomic E-state index is 0.627. The topological polar surface area (TPSA) is 26.0 Å². The Hall–Kier alpha value is -0.390. The Morgan fingerprint density at radius 1 is 1.44 bits per heavy atom. The summed E-state index contributed by atoms with van der Waals surface area (Å²) in [6.07, 6.45) is 0. The van der Waals surface area contributed by atoms with Crippen LogP contribution in [0.5, 0.6) is 0 Å². The Morgan fingerprint density at radius 2 is 2.22 bits per heavy atom. The number of nitrogens with two attached hydrogens (primary N) is 1. The minimum absolute atomic E-state index is 0.627. The van der Waals surface area contributed by atoms with E-state index < -0.39 is 0 Å². The fourth-order valence-corrected chi connectivity index (χ4v) is 1.05. The van der Waals surface area contributed by atoms with Crippen LogP contribution in [0.4, 0.5) is 0 Å². The molecule has 1 aromatic carbocycles. The quantitative estimate of drug-likeness (QED) is 0.568. The Kier molecular flexibility index (Phi) is 2.21. The first-order chi connectivity index (χ1) is 4.33. The fourth-order valence-electron chi connectivity index (χ4n) is 0.720. The minimum Gasteiger partial charge on any atom is -0.326 e. The summed E-state index contributed by atoms with van der Waals surface area (Å²) < 4.78 is 0. The standard InChI is InChI=1S/C7H10NP/c8-5-6-2-1-3-7(9)4-6/h1-4H,5,8-9H2. The van der Waals surface area contributed by atoms with Crippen molar-refractivity contribution >= 4 is 14.5 Å². The summed E-state index contributed by atoms with van der Waals surface area (Å²) in [5, 5.41) is 1.19. The van der Waals surface area contributed by atoms with Gasteiger partial charge in [0.25, 0.3) is 0 Å². The van der Waals surface area contributed by atoms with Crippen molar-refractivity contribution in [2.45, 2.75) is 6.54 Å². The Morgan fingerprint density at radius 3 is 2.67 bits per heavy atom. The Bertz CT molecular complexity index is 198. The average Bonchev–Trinajstić information content (AvgIpc) is 1.88. The van der Waals surface area contributed by atoms with Gasteiger partial charge in [0, 0.05) is 6.54 Å². The molecule has 0 heterocycles. The maximum atomic E-state index is 5.41. The van der Waals surface area contributed by atoms with Crippen molar-refractivity contribution in [3.63, 3.8) is 0 Å². The second-order valence-corrected chi connectivity index (χ2v) is 2.62. The third kappa shape index (κ3) is 1.78. The van der Waals surface area contributed by atoms with Gasteiger partial charge in [-0.1, -0.05) is 24.3 Å². The highest BCUT2D eigenvalue weighted by atomic mass is 31.0. The first-order valence-electron chi connectivity index (χ1n) is 2.87. The first-order valence-corrected chi connectivity index (χ1v) is 3.45. The van der Waals surface area contributed by atoms with E-state index in [1.165, 1.54) is 10.9 Å². The molecule has 0 aliphatic carbocycles. The molecule has 1 aromatic rings. The molecule has 1 rings (SSSR count). The zero-order valence-electron chi connectivity index (χ0n) is 5.17. The molecule has 2 N–H and O–H groups in total. The molecular weight excluding hydrogens is 129 g/mol. The summed E-state index contributed by atoms with van der Waals surface area (Å²) >= 11 is 0. The molecule has 0 spiro atoms. The monoisotopic (exact) mass is 139 g/mol. The molecule has 1 atom stereocenters. The number of hydrogen-bond donors (Lipinski definition) is 1. The summed E-state index contributed by atoms with van der Waals surface area (Å²) in [4.78, 5) is 0. The van der Waals surface area contributed by atoms with Crippen molar-refractivity contribution in [1.82, 2.24) is 0 Å². The van der Waals surface area contributed by atoms with Crippen molar-refractivity contribution in [3.8, 4) is 0 Å². The highest BCUT2D eigenvalue weighted by Crippen LogP contribution is 1.96. The molecule has 9 heavy (non-hydrogen) atoms. The van der Waals surface area contributed by atoms with Crippen molar-refractivity contribution in [2.24, 2.45) is 5.73 Å². The van der Waals surface area contributed by atoms with Gasteiger partial charge in [0.05, 0.1) is 0 Å². The summed E-state index contributed by atoms with van der Waals surface area (Å²) in [5.41, 5.74) is 6.59. The molecule has 0 amide bonds. The molecule has 0 aliphatic rings. The first kappa shape index (κ1) is 6.73. The van der Waals surface area contributed by atoms with Gasteiger partial charge in [0.1, 0.15) is 0 Å². The van der Waals surface area contributed by atoms with Crippen molar-refractivity contribution < 1.29 is 0 Å². The lowest BCUT2D eigenvalue weighted by Gasteiger charge is -1.95. The van der Waals surface area contributed by atoms with E-state index in [0.29, 0.717) is 6.54 Å². The molecule has 1 unspecified atom stereocenters. The van der Waals surface area contributed by atoms with E-state index in [2.05, 4.69) is 15.3 Å². The van der Waals surface area contributed by atoms with Gasteiger partial charge in [0.2, 0.25) is 0 Å². The van der Waals surface area contributed by atoms with Crippen molar-refractivity contribution in [1.29, 1.82) is 0 Å². The molecular formula is C7H10NP. The predicted octanol–water partition coefficient (Wildman–Crippen LogP) is 0.646. The van der Waals surface area contributed by atoms with Crippen LogP contribution < -0.4 is 11.0 Å². The molecule has 0 fully saturated rings. The van der Waals surface area contributed by atoms with Gasteiger partial charge in [-0.2, -0.15) is 0 Å². The molecule has 48 valence electrons. The summed E-state index contributed by atoms with van der Waals surface area (Å²) in [6.45, 7) is 0.627. The fraction of sp³-hybridized carbons (Fsp3) is 0.143. The Balaban J connectivity index is 2.94. The van der Waals surface area contributed by atoms with Crippen molar-refractivity contribution in [2.75, 3.05) is 0 Å². The van der Waals surface area contributed by atoms with Crippen LogP contribution in [0.1, 0.15) is 5.56 Å². The van der Waals surface area contributed by atoms with Crippen LogP contribution in [0.2, 0.25) is 0 Å². The van der Waals surface area contributed by atoms with Crippen molar-refractivity contribution in [3.05, 3.63) is 29.8 Å². The van der Waals surface area contributed by atoms with Gasteiger partial charge in [-0.25, -0.2) is 0 Å². The van der Waals surface area contributed by atoms with Gasteiger partial charge >= 0.3 is 0 Å². The smallest absolute Gasteiger partial charge is 0.0178 e. The van der Waals surface area contributed by atoms with E-state index in [0.717, 1.165) is 0 Å². The molecule has 0 aromatic heterocycles. The zero-order valence-corrected chi connectivity index (χ0v) is 6.33. The van der Waals surface area contributed by atoms with Crippen LogP contribution >= 0.6 is 9.24 Å². The van der Waals surface area contributed by atoms with Crippen LogP contribution in [0.3, 0.4) is 0 Å². The molecule has 2 heteroatoms. The molecule has 0 bridgehead atoms. The lowest BCUT2D eigenvalue weighted by molar-refractivity contribution is 1.07. The van der Waals surface area contributed by atoms with Gasteiger partial charge in [-0.3, -0.25) is 0 Å². The van der Waals surface area contributed by atoms with E-state index in [1.807, 2.05) is 18.2 Å². The molecule has 0 saturated carbocycles. The van der Waals surface area contributed by atoms with E-state index in [1.54, 1.807) is 0 Å². The maximum absolute atomic E-state index is 5.41. The predicted molar refractivity (Wildman–Crippen MR) is 43.7 cm³/mol. The van der Waals surface area contributed by atoms with Crippen LogP contribution in [0.15, 0.2) is 24.3 Å². The van der Waals surface area contributed by atoms with Gasteiger partial charge in [-0.05, 0) is 10.9 Å². The normalized spacial score (nSPS) is 9.56. The third-order valence-electron chi connectivity index (χ3n) is 1.19. The van der Waals surface area contributed by atoms with Crippen LogP contribution in [-0.2, 0) is 6.54 Å². The zero-order chi connectivity index (χ0) is 6.69. The molecule has 1 nitrogen and oxygen atoms in total. The lowest BCUT2D eigenvalue weighted by atomic mass is 10.2. The van der Waals surface area contributed by atoms with E-state index in [-0.39, 0.29) is 0 Å². The van der Waals surface area contributed by atoms with Gasteiger partial charge in [-0.15, -0.1) is 9.24 Å². The van der Waals surface area contributed by atoms with E-state index >= 15 is 0 Å². The largest absolute Gasteiger partial charge is 0.326 e. The number of rotatable bonds is 1. The number of hydrogen-bond acceptors (Lipinski definition) is 1. The molecule has 0 aliphatic heterocycles. The summed E-state index contributed by atoms with van der Waals surface area (Å²) in [6, 6.07) is 8.12. The second-order valence-electron chi connectivity index (χ2n) is 1.95. The Labute approximate surface area is 57.5 Å². The molecule has 0 saturated heterocycles. The highest BCUT2D eigenvalue weighted by Gasteiger charge is 1.86. The highest BCUT2D eigenvalue weighted by molar-refractivity contribution is 7.27. The number of benzene rings is 1. The lowest BCUT2D eigenvalue weighted by Crippen LogP contribution is -1.99. The van der Waals surface area contributed by atoms with Crippen LogP contribution in [0, 0.1) is 0 Å². The van der Waals surface area contributed by atoms with Crippen LogP contribution in [-0.4, -0.2) is 0 Å². The van der Waals surface area contributed by atoms with E-state index in [9.17, 15) is 0 Å².